The van der Waals surface area contributed by atoms with Crippen molar-refractivity contribution in [1.29, 1.82) is 0 Å². The summed E-state index contributed by atoms with van der Waals surface area (Å²) in [6.07, 6.45) is 0.218. The maximum atomic E-state index is 12.3. The van der Waals surface area contributed by atoms with E-state index in [2.05, 4.69) is 10.6 Å². The zero-order valence-electron chi connectivity index (χ0n) is 14.5. The highest BCUT2D eigenvalue weighted by Gasteiger charge is 2.13. The molecule has 0 unspecified atom stereocenters. The van der Waals surface area contributed by atoms with Gasteiger partial charge in [-0.1, -0.05) is 12.1 Å². The lowest BCUT2D eigenvalue weighted by Crippen LogP contribution is -2.16. The molecule has 0 saturated carbocycles. The van der Waals surface area contributed by atoms with Crippen molar-refractivity contribution in [2.45, 2.75) is 20.3 Å². The van der Waals surface area contributed by atoms with Crippen LogP contribution >= 0.6 is 0 Å². The van der Waals surface area contributed by atoms with Crippen molar-refractivity contribution in [1.82, 2.24) is 0 Å². The zero-order chi connectivity index (χ0) is 18.2. The summed E-state index contributed by atoms with van der Waals surface area (Å²) in [6, 6.07) is 12.2. The SMILES string of the molecule is CCNc1ccc(C(=O)OCC)cc1NC(=O)Cc1ccc(N)cc1. The first-order valence-electron chi connectivity index (χ1n) is 8.22. The smallest absolute Gasteiger partial charge is 0.338 e. The Labute approximate surface area is 147 Å². The number of benzene rings is 2. The molecule has 6 nitrogen and oxygen atoms in total. The van der Waals surface area contributed by atoms with Gasteiger partial charge < -0.3 is 21.1 Å². The first-order valence-corrected chi connectivity index (χ1v) is 8.22. The van der Waals surface area contributed by atoms with Crippen molar-refractivity contribution in [2.75, 3.05) is 29.5 Å². The van der Waals surface area contributed by atoms with Gasteiger partial charge in [-0.2, -0.15) is 0 Å². The molecule has 2 aromatic carbocycles. The lowest BCUT2D eigenvalue weighted by atomic mass is 10.1. The normalized spacial score (nSPS) is 10.2. The van der Waals surface area contributed by atoms with Gasteiger partial charge in [-0.3, -0.25) is 4.79 Å². The molecule has 0 atom stereocenters. The molecule has 1 amide bonds. The molecule has 0 aliphatic heterocycles. The second-order valence-corrected chi connectivity index (χ2v) is 5.48. The van der Waals surface area contributed by atoms with Crippen molar-refractivity contribution < 1.29 is 14.3 Å². The molecular formula is C19H23N3O3. The molecule has 6 heteroatoms. The van der Waals surface area contributed by atoms with Crippen molar-refractivity contribution in [2.24, 2.45) is 0 Å². The standard InChI is InChI=1S/C19H23N3O3/c1-3-21-16-10-7-14(19(24)25-4-2)12-17(16)22-18(23)11-13-5-8-15(20)9-6-13/h5-10,12,21H,3-4,11,20H2,1-2H3,(H,22,23). The van der Waals surface area contributed by atoms with Crippen LogP contribution in [0.1, 0.15) is 29.8 Å². The maximum absolute atomic E-state index is 12.3. The van der Waals surface area contributed by atoms with Crippen LogP contribution in [0.2, 0.25) is 0 Å². The lowest BCUT2D eigenvalue weighted by Gasteiger charge is -2.14. The minimum Gasteiger partial charge on any atom is -0.462 e. The quantitative estimate of drug-likeness (QED) is 0.531. The van der Waals surface area contributed by atoms with Crippen LogP contribution in [-0.2, 0) is 16.0 Å². The maximum Gasteiger partial charge on any atom is 0.338 e. The molecule has 0 aliphatic rings. The van der Waals surface area contributed by atoms with E-state index in [0.717, 1.165) is 11.3 Å². The van der Waals surface area contributed by atoms with Crippen molar-refractivity contribution >= 4 is 28.9 Å². The van der Waals surface area contributed by atoms with Gasteiger partial charge in [0.1, 0.15) is 0 Å². The van der Waals surface area contributed by atoms with Crippen LogP contribution in [0.15, 0.2) is 42.5 Å². The van der Waals surface area contributed by atoms with E-state index in [4.69, 9.17) is 10.5 Å². The molecule has 0 bridgehead atoms. The van der Waals surface area contributed by atoms with E-state index >= 15 is 0 Å². The molecule has 2 rings (SSSR count). The average molecular weight is 341 g/mol. The number of hydrogen-bond donors (Lipinski definition) is 3. The van der Waals surface area contributed by atoms with E-state index in [-0.39, 0.29) is 12.3 Å². The Morgan fingerprint density at radius 2 is 1.76 bits per heavy atom. The van der Waals surface area contributed by atoms with Crippen molar-refractivity contribution in [3.05, 3.63) is 53.6 Å². The number of esters is 1. The van der Waals surface area contributed by atoms with Gasteiger partial charge in [0.05, 0.1) is 30.0 Å². The van der Waals surface area contributed by atoms with E-state index < -0.39 is 5.97 Å². The third-order valence-corrected chi connectivity index (χ3v) is 3.52. The Morgan fingerprint density at radius 1 is 1.04 bits per heavy atom. The Morgan fingerprint density at radius 3 is 2.40 bits per heavy atom. The van der Waals surface area contributed by atoms with Gasteiger partial charge in [-0.25, -0.2) is 4.79 Å². The summed E-state index contributed by atoms with van der Waals surface area (Å²) in [7, 11) is 0. The number of nitrogen functional groups attached to an aromatic ring is 1. The van der Waals surface area contributed by atoms with Gasteiger partial charge >= 0.3 is 5.97 Å². The fraction of sp³-hybridized carbons (Fsp3) is 0.263. The molecule has 25 heavy (non-hydrogen) atoms. The molecule has 4 N–H and O–H groups in total. The second kappa shape index (κ2) is 8.73. The number of carbonyl (C=O) groups is 2. The molecule has 0 saturated heterocycles. The van der Waals surface area contributed by atoms with E-state index in [9.17, 15) is 9.59 Å². The fourth-order valence-corrected chi connectivity index (χ4v) is 2.35. The molecular weight excluding hydrogens is 318 g/mol. The topological polar surface area (TPSA) is 93.5 Å². The lowest BCUT2D eigenvalue weighted by molar-refractivity contribution is -0.115. The fourth-order valence-electron chi connectivity index (χ4n) is 2.35. The van der Waals surface area contributed by atoms with Crippen molar-refractivity contribution in [3.63, 3.8) is 0 Å². The van der Waals surface area contributed by atoms with Gasteiger partial charge in [0.15, 0.2) is 0 Å². The second-order valence-electron chi connectivity index (χ2n) is 5.48. The highest BCUT2D eigenvalue weighted by molar-refractivity contribution is 5.98. The number of rotatable bonds is 7. The Hall–Kier alpha value is -3.02. The zero-order valence-corrected chi connectivity index (χ0v) is 14.5. The van der Waals surface area contributed by atoms with Crippen LogP contribution in [0.4, 0.5) is 17.1 Å². The largest absolute Gasteiger partial charge is 0.462 e. The van der Waals surface area contributed by atoms with Crippen LogP contribution in [-0.4, -0.2) is 25.0 Å². The highest BCUT2D eigenvalue weighted by atomic mass is 16.5. The van der Waals surface area contributed by atoms with Gasteiger partial charge in [0.25, 0.3) is 0 Å². The number of amides is 1. The molecule has 2 aromatic rings. The van der Waals surface area contributed by atoms with Gasteiger partial charge in [-0.05, 0) is 49.7 Å². The molecule has 0 radical (unpaired) electrons. The number of nitrogens with one attached hydrogen (secondary N) is 2. The first-order chi connectivity index (χ1) is 12.0. The van der Waals surface area contributed by atoms with E-state index in [0.29, 0.717) is 30.1 Å². The molecule has 0 heterocycles. The van der Waals surface area contributed by atoms with Crippen LogP contribution < -0.4 is 16.4 Å². The summed E-state index contributed by atoms with van der Waals surface area (Å²) in [5.41, 5.74) is 8.86. The third-order valence-electron chi connectivity index (χ3n) is 3.52. The van der Waals surface area contributed by atoms with Crippen LogP contribution in [0, 0.1) is 0 Å². The van der Waals surface area contributed by atoms with Crippen LogP contribution in [0.3, 0.4) is 0 Å². The van der Waals surface area contributed by atoms with Gasteiger partial charge in [-0.15, -0.1) is 0 Å². The summed E-state index contributed by atoms with van der Waals surface area (Å²) in [4.78, 5) is 24.3. The number of ether oxygens (including phenoxy) is 1. The molecule has 0 aromatic heterocycles. The van der Waals surface area contributed by atoms with Crippen LogP contribution in [0.5, 0.6) is 0 Å². The van der Waals surface area contributed by atoms with Gasteiger partial charge in [0, 0.05) is 12.2 Å². The number of hydrogen-bond acceptors (Lipinski definition) is 5. The first kappa shape index (κ1) is 18.3. The Bertz CT molecular complexity index is 742. The molecule has 0 aliphatic carbocycles. The molecule has 0 fully saturated rings. The summed E-state index contributed by atoms with van der Waals surface area (Å²) >= 11 is 0. The average Bonchev–Trinajstić information content (AvgIpc) is 2.59. The van der Waals surface area contributed by atoms with Gasteiger partial charge in [0.2, 0.25) is 5.91 Å². The summed E-state index contributed by atoms with van der Waals surface area (Å²) < 4.78 is 5.01. The minimum absolute atomic E-state index is 0.176. The van der Waals surface area contributed by atoms with E-state index in [1.165, 1.54) is 0 Å². The highest BCUT2D eigenvalue weighted by Crippen LogP contribution is 2.24. The third kappa shape index (κ3) is 5.24. The summed E-state index contributed by atoms with van der Waals surface area (Å²) in [5.74, 6) is -0.593. The van der Waals surface area contributed by atoms with Crippen molar-refractivity contribution in [3.8, 4) is 0 Å². The minimum atomic E-state index is -0.417. The van der Waals surface area contributed by atoms with E-state index in [1.807, 2.05) is 19.1 Å². The Balaban J connectivity index is 2.16. The predicted octanol–water partition coefficient (Wildman–Crippen LogP) is 3.06. The number of carbonyl (C=O) groups excluding carboxylic acids is 2. The van der Waals surface area contributed by atoms with Crippen LogP contribution in [0.25, 0.3) is 0 Å². The predicted molar refractivity (Wildman–Crippen MR) is 99.8 cm³/mol. The number of anilines is 3. The summed E-state index contributed by atoms with van der Waals surface area (Å²) in [6.45, 7) is 4.70. The monoisotopic (exact) mass is 341 g/mol. The Kier molecular flexibility index (Phi) is 6.39. The van der Waals surface area contributed by atoms with E-state index in [1.54, 1.807) is 37.3 Å². The molecule has 0 spiro atoms. The molecule has 132 valence electrons. The summed E-state index contributed by atoms with van der Waals surface area (Å²) in [5, 5.41) is 6.02. The number of nitrogens with two attached hydrogens (primary N) is 1.